The Hall–Kier alpha value is -1.88. The molecule has 0 N–H and O–H groups in total. The number of aryl methyl sites for hydroxylation is 1. The quantitative estimate of drug-likeness (QED) is 0.817. The van der Waals surface area contributed by atoms with Gasteiger partial charge in [-0.05, 0) is 46.5 Å². The van der Waals surface area contributed by atoms with Crippen molar-refractivity contribution in [2.75, 3.05) is 14.2 Å². The van der Waals surface area contributed by atoms with Crippen LogP contribution in [0.5, 0.6) is 5.75 Å². The number of nitrogens with zero attached hydrogens (tertiary/aromatic N) is 1. The molecule has 2 aromatic rings. The Balaban J connectivity index is 1.89. The van der Waals surface area contributed by atoms with Gasteiger partial charge in [-0.15, -0.1) is 0 Å². The minimum atomic E-state index is -0.408. The predicted molar refractivity (Wildman–Crippen MR) is 82.1 cm³/mol. The Morgan fingerprint density at radius 2 is 2.14 bits per heavy atom. The third-order valence-electron chi connectivity index (χ3n) is 3.27. The molecule has 2 rings (SSSR count). The van der Waals surface area contributed by atoms with E-state index in [0.29, 0.717) is 13.0 Å². The average Bonchev–Trinajstić information content (AvgIpc) is 2.98. The highest BCUT2D eigenvalue weighted by atomic mass is 32.1. The molecule has 0 atom stereocenters. The van der Waals surface area contributed by atoms with Crippen molar-refractivity contribution in [3.63, 3.8) is 0 Å². The lowest BCUT2D eigenvalue weighted by molar-refractivity contribution is -0.130. The second-order valence-electron chi connectivity index (χ2n) is 4.85. The molecule has 5 heteroatoms. The third-order valence-corrected chi connectivity index (χ3v) is 4.00. The molecule has 1 aromatic carbocycles. The summed E-state index contributed by atoms with van der Waals surface area (Å²) >= 11 is 1.63. The number of thiophene rings is 1. The normalized spacial score (nSPS) is 10.4. The Kier molecular flexibility index (Phi) is 5.33. The van der Waals surface area contributed by atoms with E-state index in [-0.39, 0.29) is 11.7 Å². The first kappa shape index (κ1) is 15.5. The molecule has 0 radical (unpaired) electrons. The number of amides is 1. The summed E-state index contributed by atoms with van der Waals surface area (Å²) in [6.07, 6.45) is 1.20. The summed E-state index contributed by atoms with van der Waals surface area (Å²) in [5.41, 5.74) is 1.93. The third kappa shape index (κ3) is 4.29. The van der Waals surface area contributed by atoms with Crippen LogP contribution in [-0.4, -0.2) is 25.0 Å². The Labute approximate surface area is 128 Å². The zero-order valence-corrected chi connectivity index (χ0v) is 13.0. The lowest BCUT2D eigenvalue weighted by Crippen LogP contribution is -2.26. The van der Waals surface area contributed by atoms with Crippen molar-refractivity contribution in [2.24, 2.45) is 0 Å². The Bertz CT molecular complexity index is 598. The van der Waals surface area contributed by atoms with E-state index in [2.05, 4.69) is 0 Å². The van der Waals surface area contributed by atoms with Gasteiger partial charge < -0.3 is 9.64 Å². The maximum atomic E-state index is 13.6. The van der Waals surface area contributed by atoms with E-state index in [1.165, 1.54) is 18.7 Å². The predicted octanol–water partition coefficient (Wildman–Crippen LogP) is 3.49. The molecule has 112 valence electrons. The van der Waals surface area contributed by atoms with Crippen molar-refractivity contribution in [3.8, 4) is 5.75 Å². The SMILES string of the molecule is COc1ccc(CN(C)C(=O)CCc2ccsc2)cc1F. The molecule has 21 heavy (non-hydrogen) atoms. The first-order valence-corrected chi connectivity index (χ1v) is 7.62. The molecular formula is C16H18FNO2S. The number of carbonyl (C=O) groups is 1. The lowest BCUT2D eigenvalue weighted by Gasteiger charge is -2.17. The summed E-state index contributed by atoms with van der Waals surface area (Å²) in [6.45, 7) is 0.392. The molecule has 0 aliphatic carbocycles. The van der Waals surface area contributed by atoms with Crippen molar-refractivity contribution < 1.29 is 13.9 Å². The van der Waals surface area contributed by atoms with Gasteiger partial charge in [0.05, 0.1) is 7.11 Å². The maximum Gasteiger partial charge on any atom is 0.222 e. The summed E-state index contributed by atoms with van der Waals surface area (Å²) in [5.74, 6) is -0.142. The first-order valence-electron chi connectivity index (χ1n) is 6.67. The largest absolute Gasteiger partial charge is 0.494 e. The summed E-state index contributed by atoms with van der Waals surface area (Å²) in [5, 5.41) is 4.05. The van der Waals surface area contributed by atoms with E-state index < -0.39 is 5.82 Å². The number of ether oxygens (including phenoxy) is 1. The first-order chi connectivity index (χ1) is 10.1. The number of rotatable bonds is 6. The standard InChI is InChI=1S/C16H18FNO2S/c1-18(16(19)6-4-12-7-8-21-11-12)10-13-3-5-15(20-2)14(17)9-13/h3,5,7-9,11H,4,6,10H2,1-2H3. The molecule has 1 heterocycles. The number of methoxy groups -OCH3 is 1. The second kappa shape index (κ2) is 7.22. The molecule has 0 saturated carbocycles. The van der Waals surface area contributed by atoms with E-state index in [0.717, 1.165) is 12.0 Å². The lowest BCUT2D eigenvalue weighted by atomic mass is 10.1. The van der Waals surface area contributed by atoms with E-state index >= 15 is 0 Å². The zero-order valence-electron chi connectivity index (χ0n) is 12.1. The van der Waals surface area contributed by atoms with Gasteiger partial charge in [-0.3, -0.25) is 4.79 Å². The highest BCUT2D eigenvalue weighted by Gasteiger charge is 2.11. The van der Waals surface area contributed by atoms with Crippen molar-refractivity contribution in [2.45, 2.75) is 19.4 Å². The van der Waals surface area contributed by atoms with Gasteiger partial charge in [0.1, 0.15) is 0 Å². The smallest absolute Gasteiger partial charge is 0.222 e. The summed E-state index contributed by atoms with van der Waals surface area (Å²) in [7, 11) is 3.16. The van der Waals surface area contributed by atoms with Crippen molar-refractivity contribution in [1.82, 2.24) is 4.90 Å². The fraction of sp³-hybridized carbons (Fsp3) is 0.312. The fourth-order valence-corrected chi connectivity index (χ4v) is 2.75. The highest BCUT2D eigenvalue weighted by molar-refractivity contribution is 7.07. The van der Waals surface area contributed by atoms with Crippen LogP contribution in [0.1, 0.15) is 17.5 Å². The van der Waals surface area contributed by atoms with Crippen LogP contribution in [0.25, 0.3) is 0 Å². The van der Waals surface area contributed by atoms with Crippen LogP contribution < -0.4 is 4.74 Å². The van der Waals surface area contributed by atoms with E-state index in [9.17, 15) is 9.18 Å². The molecule has 0 spiro atoms. The van der Waals surface area contributed by atoms with E-state index in [1.54, 1.807) is 35.4 Å². The number of hydrogen-bond donors (Lipinski definition) is 0. The minimum Gasteiger partial charge on any atom is -0.494 e. The molecule has 0 bridgehead atoms. The second-order valence-corrected chi connectivity index (χ2v) is 5.63. The van der Waals surface area contributed by atoms with Gasteiger partial charge in [-0.2, -0.15) is 11.3 Å². The summed E-state index contributed by atoms with van der Waals surface area (Å²) in [6, 6.07) is 6.77. The van der Waals surface area contributed by atoms with Crippen molar-refractivity contribution >= 4 is 17.2 Å². The molecule has 0 aliphatic rings. The monoisotopic (exact) mass is 307 g/mol. The summed E-state index contributed by atoms with van der Waals surface area (Å²) < 4.78 is 18.5. The average molecular weight is 307 g/mol. The van der Waals surface area contributed by atoms with Gasteiger partial charge in [-0.25, -0.2) is 4.39 Å². The molecule has 0 unspecified atom stereocenters. The fourth-order valence-electron chi connectivity index (χ4n) is 2.05. The van der Waals surface area contributed by atoms with Crippen LogP contribution in [0.15, 0.2) is 35.0 Å². The topological polar surface area (TPSA) is 29.5 Å². The van der Waals surface area contributed by atoms with Crippen molar-refractivity contribution in [3.05, 3.63) is 52.0 Å². The van der Waals surface area contributed by atoms with Gasteiger partial charge in [0.2, 0.25) is 5.91 Å². The minimum absolute atomic E-state index is 0.0532. The summed E-state index contributed by atoms with van der Waals surface area (Å²) in [4.78, 5) is 13.7. The van der Waals surface area contributed by atoms with Gasteiger partial charge in [0.25, 0.3) is 0 Å². The number of carbonyl (C=O) groups excluding carboxylic acids is 1. The molecule has 1 aromatic heterocycles. The van der Waals surface area contributed by atoms with E-state index in [1.807, 2.05) is 16.8 Å². The van der Waals surface area contributed by atoms with Crippen LogP contribution in [0, 0.1) is 5.82 Å². The Morgan fingerprint density at radius 1 is 1.33 bits per heavy atom. The van der Waals surface area contributed by atoms with Crippen LogP contribution in [0.2, 0.25) is 0 Å². The van der Waals surface area contributed by atoms with Crippen molar-refractivity contribution in [1.29, 1.82) is 0 Å². The number of halogens is 1. The zero-order chi connectivity index (χ0) is 15.2. The molecular weight excluding hydrogens is 289 g/mol. The van der Waals surface area contributed by atoms with Crippen LogP contribution in [0.3, 0.4) is 0 Å². The Morgan fingerprint density at radius 3 is 2.76 bits per heavy atom. The number of benzene rings is 1. The molecule has 3 nitrogen and oxygen atoms in total. The molecule has 0 saturated heterocycles. The van der Waals surface area contributed by atoms with Crippen LogP contribution in [0.4, 0.5) is 4.39 Å². The van der Waals surface area contributed by atoms with E-state index in [4.69, 9.17) is 4.74 Å². The van der Waals surface area contributed by atoms with Gasteiger partial charge in [0, 0.05) is 20.0 Å². The molecule has 1 amide bonds. The van der Waals surface area contributed by atoms with Gasteiger partial charge in [0.15, 0.2) is 11.6 Å². The maximum absolute atomic E-state index is 13.6. The molecule has 0 aliphatic heterocycles. The van der Waals surface area contributed by atoms with Crippen LogP contribution in [-0.2, 0) is 17.8 Å². The highest BCUT2D eigenvalue weighted by Crippen LogP contribution is 2.18. The van der Waals surface area contributed by atoms with Gasteiger partial charge >= 0.3 is 0 Å². The number of hydrogen-bond acceptors (Lipinski definition) is 3. The molecule has 0 fully saturated rings. The van der Waals surface area contributed by atoms with Gasteiger partial charge in [-0.1, -0.05) is 6.07 Å². The van der Waals surface area contributed by atoms with Crippen LogP contribution >= 0.6 is 11.3 Å².